The second kappa shape index (κ2) is 20.2. The van der Waals surface area contributed by atoms with Crippen LogP contribution in [0.5, 0.6) is 0 Å². The van der Waals surface area contributed by atoms with E-state index in [-0.39, 0.29) is 45.2 Å². The van der Waals surface area contributed by atoms with Crippen molar-refractivity contribution < 1.29 is 38.6 Å². The Morgan fingerprint density at radius 1 is 1.13 bits per heavy atom. The molecule has 3 saturated heterocycles. The third-order valence-corrected chi connectivity index (χ3v) is 15.4. The average Bonchev–Trinajstić information content (AvgIpc) is 4.05. The number of benzene rings is 1. The van der Waals surface area contributed by atoms with Gasteiger partial charge in [0, 0.05) is 98.7 Å². The fraction of sp³-hybridized carbons (Fsp3) is 0.558. The van der Waals surface area contributed by atoms with Crippen molar-refractivity contribution in [3.63, 3.8) is 0 Å². The molecule has 3 fully saturated rings. The Labute approximate surface area is 414 Å². The lowest BCUT2D eigenvalue weighted by Gasteiger charge is -2.41. The van der Waals surface area contributed by atoms with Crippen LogP contribution in [0.1, 0.15) is 96.5 Å². The van der Waals surface area contributed by atoms with Gasteiger partial charge in [-0.2, -0.15) is 0 Å². The fourth-order valence-electron chi connectivity index (χ4n) is 9.92. The first kappa shape index (κ1) is 50.7. The molecule has 5 atom stereocenters. The highest BCUT2D eigenvalue weighted by Gasteiger charge is 2.47. The van der Waals surface area contributed by atoms with Gasteiger partial charge in [0.05, 0.1) is 46.9 Å². The van der Waals surface area contributed by atoms with E-state index in [1.807, 2.05) is 38.3 Å². The molecule has 6 bridgehead atoms. The molecule has 8 rings (SSSR count). The minimum absolute atomic E-state index is 0.0169. The zero-order valence-electron chi connectivity index (χ0n) is 41.9. The molecule has 7 heterocycles. The van der Waals surface area contributed by atoms with E-state index in [4.69, 9.17) is 19.4 Å². The van der Waals surface area contributed by atoms with Crippen molar-refractivity contribution in [3.8, 4) is 34.4 Å². The number of rotatable bonds is 9. The molecule has 374 valence electrons. The molecule has 0 radical (unpaired) electrons. The number of pyridine rings is 1. The molecule has 17 nitrogen and oxygen atoms in total. The molecule has 1 aromatic carbocycles. The summed E-state index contributed by atoms with van der Waals surface area (Å²) in [4.78, 5) is 84.3. The average molecular weight is 978 g/mol. The molecule has 4 aliphatic rings. The number of carbonyl (C=O) groups is 5. The standard InChI is InChI=1S/C52H67N9O8S/c1-10-60-41-17-16-34-26-36(41)37(45(60)35-14-11-21-53-44(35)33(3)68-9)28-50(4,5)31-69-48(65)38-15-12-24-61(56-38)47(64)39(27-42-54-40(34)29-70-42)55-46(63)32(2)57(8)49(66)52(67)20-25-58(30-52)43(62)18-19-51(6,7)59-22-13-23-59/h11,14,16-17,21,26,29,32-33,38-39,56,67H,10,12-13,15,20,22-25,27-28,30-31H2,1-9H3,(H,55,63)/t32-,33-,38-,39-,52+/m0/s1. The van der Waals surface area contributed by atoms with Gasteiger partial charge in [-0.15, -0.1) is 11.3 Å². The number of fused-ring (bicyclic) bond motifs is 6. The lowest BCUT2D eigenvalue weighted by atomic mass is 9.84. The van der Waals surface area contributed by atoms with Crippen LogP contribution in [0.15, 0.2) is 41.9 Å². The Hall–Kier alpha value is -5.71. The van der Waals surface area contributed by atoms with Gasteiger partial charge in [-0.1, -0.05) is 25.8 Å². The Morgan fingerprint density at radius 3 is 2.61 bits per heavy atom. The predicted octanol–water partition coefficient (Wildman–Crippen LogP) is 4.50. The van der Waals surface area contributed by atoms with E-state index in [0.29, 0.717) is 36.5 Å². The van der Waals surface area contributed by atoms with Crippen molar-refractivity contribution in [1.29, 1.82) is 0 Å². The molecule has 0 aliphatic carbocycles. The van der Waals surface area contributed by atoms with Crippen LogP contribution in [0.25, 0.3) is 33.4 Å². The lowest BCUT2D eigenvalue weighted by Crippen LogP contribution is -2.62. The van der Waals surface area contributed by atoms with Crippen LogP contribution < -0.4 is 10.7 Å². The van der Waals surface area contributed by atoms with Crippen LogP contribution in [-0.2, 0) is 52.8 Å². The van der Waals surface area contributed by atoms with Crippen molar-refractivity contribution in [3.05, 3.63) is 58.2 Å². The molecule has 70 heavy (non-hydrogen) atoms. The van der Waals surface area contributed by atoms with Crippen molar-refractivity contribution in [1.82, 2.24) is 45.0 Å². The molecule has 0 unspecified atom stereocenters. The molecular formula is C52H67N9O8S. The molecular weight excluding hydrogens is 911 g/mol. The number of nitrogens with zero attached hydrogens (tertiary/aromatic N) is 7. The molecule has 4 aliphatic heterocycles. The quantitative estimate of drug-likeness (QED) is 0.158. The second-order valence-corrected chi connectivity index (χ2v) is 21.5. The van der Waals surface area contributed by atoms with E-state index in [1.165, 1.54) is 35.2 Å². The summed E-state index contributed by atoms with van der Waals surface area (Å²) in [5.74, 6) is 2.96. The molecule has 3 N–H and O–H groups in total. The van der Waals surface area contributed by atoms with Gasteiger partial charge in [0.25, 0.3) is 17.7 Å². The van der Waals surface area contributed by atoms with E-state index < -0.39 is 64.3 Å². The first-order valence-electron chi connectivity index (χ1n) is 24.4. The van der Waals surface area contributed by atoms with Crippen molar-refractivity contribution >= 4 is 51.8 Å². The van der Waals surface area contributed by atoms with Crippen molar-refractivity contribution in [2.45, 2.75) is 129 Å². The number of ether oxygens (including phenoxy) is 2. The second-order valence-electron chi connectivity index (χ2n) is 20.5. The van der Waals surface area contributed by atoms with E-state index in [0.717, 1.165) is 63.4 Å². The third kappa shape index (κ3) is 10.2. The SMILES string of the molecule is CCn1c(-c2cccnc2[C@H](C)OC)c2c3cc(ccc31)-c1csc(n1)C[C@H](NC(=O)[C@H](C)N(C)C(=O)[C@@]1(O)CCN(C(=O)C#CC(C)(C)N3CCC3)C1)C(=O)N1CCC[C@H](N1)C(=O)OCC(C)(C)C2. The zero-order chi connectivity index (χ0) is 50.3. The van der Waals surface area contributed by atoms with E-state index >= 15 is 0 Å². The van der Waals surface area contributed by atoms with Crippen LogP contribution >= 0.6 is 11.3 Å². The number of aliphatic hydroxyl groups is 1. The smallest absolute Gasteiger partial charge is 0.324 e. The number of amides is 4. The van der Waals surface area contributed by atoms with Crippen LogP contribution in [0, 0.1) is 17.3 Å². The third-order valence-electron chi connectivity index (χ3n) is 14.5. The van der Waals surface area contributed by atoms with Crippen LogP contribution in [0.3, 0.4) is 0 Å². The summed E-state index contributed by atoms with van der Waals surface area (Å²) < 4.78 is 14.2. The number of hydrogen-bond donors (Lipinski definition) is 3. The van der Waals surface area contributed by atoms with Crippen LogP contribution in [0.4, 0.5) is 0 Å². The van der Waals surface area contributed by atoms with Gasteiger partial charge in [-0.05, 0) is 96.1 Å². The monoisotopic (exact) mass is 977 g/mol. The summed E-state index contributed by atoms with van der Waals surface area (Å²) in [7, 11) is 3.09. The molecule has 4 aromatic rings. The summed E-state index contributed by atoms with van der Waals surface area (Å²) in [5.41, 5.74) is 6.64. The van der Waals surface area contributed by atoms with Gasteiger partial charge in [-0.3, -0.25) is 38.9 Å². The number of likely N-dealkylation sites (tertiary alicyclic amines) is 2. The number of hydrazine groups is 1. The number of thiazole rings is 1. The summed E-state index contributed by atoms with van der Waals surface area (Å²) in [5, 5.41) is 19.4. The minimum atomic E-state index is -1.94. The summed E-state index contributed by atoms with van der Waals surface area (Å²) >= 11 is 1.37. The van der Waals surface area contributed by atoms with E-state index in [2.05, 4.69) is 71.0 Å². The van der Waals surface area contributed by atoms with Gasteiger partial charge in [-0.25, -0.2) is 10.4 Å². The summed E-state index contributed by atoms with van der Waals surface area (Å²) in [6.07, 6.45) is 4.09. The minimum Gasteiger partial charge on any atom is -0.464 e. The van der Waals surface area contributed by atoms with Crippen LogP contribution in [0.2, 0.25) is 0 Å². The first-order chi connectivity index (χ1) is 33.2. The van der Waals surface area contributed by atoms with Gasteiger partial charge in [0.15, 0.2) is 5.60 Å². The number of likely N-dealkylation sites (N-methyl/N-ethyl adjacent to an activating group) is 1. The number of β-amino-alcohol motifs (C(OH)–C–C–N with tert-alkyl or cyclic N) is 1. The Kier molecular flexibility index (Phi) is 14.6. The molecule has 0 saturated carbocycles. The number of cyclic esters (lactones) is 1. The van der Waals surface area contributed by atoms with Crippen molar-refractivity contribution in [2.24, 2.45) is 5.41 Å². The van der Waals surface area contributed by atoms with Gasteiger partial charge >= 0.3 is 5.97 Å². The maximum Gasteiger partial charge on any atom is 0.324 e. The van der Waals surface area contributed by atoms with E-state index in [9.17, 15) is 29.1 Å². The number of methoxy groups -OCH3 is 1. The number of nitrogens with one attached hydrogen (secondary N) is 2. The number of esters is 1. The zero-order valence-corrected chi connectivity index (χ0v) is 42.7. The number of aryl methyl sites for hydroxylation is 1. The fourth-order valence-corrected chi connectivity index (χ4v) is 10.8. The molecule has 3 aromatic heterocycles. The van der Waals surface area contributed by atoms with Gasteiger partial charge in [0.1, 0.15) is 18.1 Å². The maximum atomic E-state index is 14.6. The Morgan fingerprint density at radius 2 is 1.90 bits per heavy atom. The number of carbonyl (C=O) groups excluding carboxylic acids is 5. The predicted molar refractivity (Wildman–Crippen MR) is 266 cm³/mol. The van der Waals surface area contributed by atoms with Crippen molar-refractivity contribution in [2.75, 3.05) is 53.5 Å². The highest BCUT2D eigenvalue weighted by atomic mass is 32.1. The number of hydrogen-bond acceptors (Lipinski definition) is 13. The number of aromatic nitrogens is 3. The highest BCUT2D eigenvalue weighted by molar-refractivity contribution is 7.10. The van der Waals surface area contributed by atoms with E-state index in [1.54, 1.807) is 13.3 Å². The molecule has 0 spiro atoms. The van der Waals surface area contributed by atoms with Gasteiger partial charge < -0.3 is 34.3 Å². The summed E-state index contributed by atoms with van der Waals surface area (Å²) in [6.45, 7) is 16.5. The maximum absolute atomic E-state index is 14.6. The largest absolute Gasteiger partial charge is 0.464 e. The van der Waals surface area contributed by atoms with Crippen LogP contribution in [-0.4, -0.2) is 152 Å². The molecule has 18 heteroatoms. The first-order valence-corrected chi connectivity index (χ1v) is 25.3. The topological polar surface area (TPSA) is 192 Å². The van der Waals surface area contributed by atoms with Gasteiger partial charge in [0.2, 0.25) is 5.91 Å². The summed E-state index contributed by atoms with van der Waals surface area (Å²) in [6, 6.07) is 7.21. The normalized spacial score (nSPS) is 22.8. The Bertz CT molecular complexity index is 2730. The lowest BCUT2D eigenvalue weighted by molar-refractivity contribution is -0.155. The molecule has 4 amide bonds. The Balaban J connectivity index is 1.08. The highest BCUT2D eigenvalue weighted by Crippen LogP contribution is 2.42.